The van der Waals surface area contributed by atoms with Gasteiger partial charge in [0.2, 0.25) is 0 Å². The molecule has 0 heteroatoms. The van der Waals surface area contributed by atoms with Crippen molar-refractivity contribution in [2.24, 2.45) is 5.92 Å². The van der Waals surface area contributed by atoms with Gasteiger partial charge in [0.05, 0.1) is 0 Å². The van der Waals surface area contributed by atoms with Crippen LogP contribution >= 0.6 is 0 Å². The zero-order valence-corrected chi connectivity index (χ0v) is 7.10. The summed E-state index contributed by atoms with van der Waals surface area (Å²) in [5, 5.41) is 0. The quantitative estimate of drug-likeness (QED) is 0.501. The Kier molecular flexibility index (Phi) is 3.83. The van der Waals surface area contributed by atoms with E-state index in [1.165, 1.54) is 32.1 Å². The van der Waals surface area contributed by atoms with Crippen LogP contribution in [0.25, 0.3) is 0 Å². The van der Waals surface area contributed by atoms with Crippen molar-refractivity contribution in [3.63, 3.8) is 0 Å². The Labute approximate surface area is 69.7 Å². The van der Waals surface area contributed by atoms with Crippen molar-refractivity contribution < 1.29 is 0 Å². The first-order valence-corrected chi connectivity index (χ1v) is 4.53. The van der Waals surface area contributed by atoms with Crippen LogP contribution in [-0.4, -0.2) is 0 Å². The van der Waals surface area contributed by atoms with Crippen LogP contribution in [-0.2, 0) is 0 Å². The summed E-state index contributed by atoms with van der Waals surface area (Å²) in [6, 6.07) is 0. The molecule has 0 aliphatic heterocycles. The van der Waals surface area contributed by atoms with E-state index in [0.29, 0.717) is 0 Å². The highest BCUT2D eigenvalue weighted by Gasteiger charge is 2.10. The van der Waals surface area contributed by atoms with E-state index in [2.05, 4.69) is 18.4 Å². The van der Waals surface area contributed by atoms with E-state index in [1.54, 1.807) is 6.08 Å². The fourth-order valence-corrected chi connectivity index (χ4v) is 1.67. The predicted molar refractivity (Wildman–Crippen MR) is 49.2 cm³/mol. The average Bonchev–Trinajstić information content (AvgIpc) is 2.07. The van der Waals surface area contributed by atoms with Gasteiger partial charge in [0.1, 0.15) is 0 Å². The Bertz CT molecular complexity index is 162. The minimum Gasteiger partial charge on any atom is -0.0983 e. The van der Waals surface area contributed by atoms with Gasteiger partial charge in [-0.25, -0.2) is 0 Å². The van der Waals surface area contributed by atoms with Gasteiger partial charge in [-0.15, -0.1) is 0 Å². The molecule has 1 rings (SSSR count). The molecule has 0 atom stereocenters. The third-order valence-electron chi connectivity index (χ3n) is 2.32. The lowest BCUT2D eigenvalue weighted by atomic mass is 9.87. The molecule has 0 heterocycles. The van der Waals surface area contributed by atoms with Gasteiger partial charge in [-0.05, 0) is 24.8 Å². The van der Waals surface area contributed by atoms with E-state index in [4.69, 9.17) is 0 Å². The lowest BCUT2D eigenvalue weighted by Gasteiger charge is -2.18. The second-order valence-electron chi connectivity index (χ2n) is 3.23. The largest absolute Gasteiger partial charge is 0.0983 e. The Hall–Kier alpha value is -0.700. The summed E-state index contributed by atoms with van der Waals surface area (Å²) >= 11 is 0. The lowest BCUT2D eigenvalue weighted by molar-refractivity contribution is 0.365. The molecule has 0 bridgehead atoms. The Morgan fingerprint density at radius 3 is 2.64 bits per heavy atom. The molecule has 0 radical (unpaired) electrons. The van der Waals surface area contributed by atoms with Crippen molar-refractivity contribution in [3.8, 4) is 11.8 Å². The molecule has 0 aromatic heterocycles. The third-order valence-corrected chi connectivity index (χ3v) is 2.32. The number of hydrogen-bond acceptors (Lipinski definition) is 0. The molecule has 0 amide bonds. The van der Waals surface area contributed by atoms with Crippen molar-refractivity contribution in [2.75, 3.05) is 0 Å². The smallest absolute Gasteiger partial charge is 0.0121 e. The van der Waals surface area contributed by atoms with Gasteiger partial charge in [0.15, 0.2) is 0 Å². The molecule has 0 saturated heterocycles. The molecule has 1 aliphatic carbocycles. The van der Waals surface area contributed by atoms with Gasteiger partial charge in [0.25, 0.3) is 0 Å². The summed E-state index contributed by atoms with van der Waals surface area (Å²) in [6.45, 7) is 3.57. The van der Waals surface area contributed by atoms with Crippen LogP contribution < -0.4 is 0 Å². The highest BCUT2D eigenvalue weighted by Crippen LogP contribution is 2.25. The summed E-state index contributed by atoms with van der Waals surface area (Å²) in [5.74, 6) is 6.93. The van der Waals surface area contributed by atoms with Gasteiger partial charge in [0, 0.05) is 6.42 Å². The summed E-state index contributed by atoms with van der Waals surface area (Å²) in [5.41, 5.74) is 0. The van der Waals surface area contributed by atoms with Crippen molar-refractivity contribution in [1.29, 1.82) is 0 Å². The highest BCUT2D eigenvalue weighted by molar-refractivity contribution is 5.12. The maximum atomic E-state index is 3.57. The molecule has 0 N–H and O–H groups in total. The number of allylic oxidation sites excluding steroid dienone is 1. The molecule has 1 aliphatic rings. The van der Waals surface area contributed by atoms with E-state index in [-0.39, 0.29) is 0 Å². The molecular weight excluding hydrogens is 132 g/mol. The fraction of sp³-hybridized carbons (Fsp3) is 0.636. The fourth-order valence-electron chi connectivity index (χ4n) is 1.67. The lowest BCUT2D eigenvalue weighted by Crippen LogP contribution is -2.04. The zero-order valence-electron chi connectivity index (χ0n) is 7.10. The van der Waals surface area contributed by atoms with Gasteiger partial charge in [-0.3, -0.25) is 0 Å². The molecule has 0 aromatic carbocycles. The molecule has 0 aromatic rings. The summed E-state index contributed by atoms with van der Waals surface area (Å²) in [6.07, 6.45) is 9.83. The van der Waals surface area contributed by atoms with Crippen LogP contribution in [0.15, 0.2) is 12.7 Å². The predicted octanol–water partition coefficient (Wildman–Crippen LogP) is 3.15. The Morgan fingerprint density at radius 2 is 2.00 bits per heavy atom. The molecule has 0 unspecified atom stereocenters. The van der Waals surface area contributed by atoms with Crippen LogP contribution in [0.4, 0.5) is 0 Å². The second kappa shape index (κ2) is 5.02. The third kappa shape index (κ3) is 3.28. The average molecular weight is 148 g/mol. The summed E-state index contributed by atoms with van der Waals surface area (Å²) in [4.78, 5) is 0. The molecule has 1 saturated carbocycles. The Balaban J connectivity index is 2.19. The first-order valence-electron chi connectivity index (χ1n) is 4.53. The Morgan fingerprint density at radius 1 is 1.27 bits per heavy atom. The first kappa shape index (κ1) is 8.40. The van der Waals surface area contributed by atoms with Gasteiger partial charge in [-0.1, -0.05) is 37.7 Å². The maximum Gasteiger partial charge on any atom is 0.0121 e. The summed E-state index contributed by atoms with van der Waals surface area (Å²) in [7, 11) is 0. The SMILES string of the molecule is C=CC#CCC1CCCCC1. The molecule has 11 heavy (non-hydrogen) atoms. The molecule has 0 spiro atoms. The second-order valence-corrected chi connectivity index (χ2v) is 3.23. The summed E-state index contributed by atoms with van der Waals surface area (Å²) < 4.78 is 0. The van der Waals surface area contributed by atoms with E-state index < -0.39 is 0 Å². The molecule has 0 nitrogen and oxygen atoms in total. The maximum absolute atomic E-state index is 3.57. The van der Waals surface area contributed by atoms with E-state index in [1.807, 2.05) is 0 Å². The van der Waals surface area contributed by atoms with E-state index in [9.17, 15) is 0 Å². The molecule has 1 fully saturated rings. The number of rotatable bonds is 1. The standard InChI is InChI=1S/C11H16/c1-2-3-5-8-11-9-6-4-7-10-11/h2,11H,1,4,6-10H2. The van der Waals surface area contributed by atoms with Crippen LogP contribution in [0.2, 0.25) is 0 Å². The zero-order chi connectivity index (χ0) is 7.94. The van der Waals surface area contributed by atoms with E-state index >= 15 is 0 Å². The topological polar surface area (TPSA) is 0 Å². The van der Waals surface area contributed by atoms with E-state index in [0.717, 1.165) is 12.3 Å². The van der Waals surface area contributed by atoms with Crippen molar-refractivity contribution in [3.05, 3.63) is 12.7 Å². The van der Waals surface area contributed by atoms with Crippen molar-refractivity contribution >= 4 is 0 Å². The monoisotopic (exact) mass is 148 g/mol. The highest BCUT2D eigenvalue weighted by atomic mass is 14.2. The van der Waals surface area contributed by atoms with Crippen LogP contribution in [0.3, 0.4) is 0 Å². The minimum absolute atomic E-state index is 0.885. The van der Waals surface area contributed by atoms with Crippen LogP contribution in [0.1, 0.15) is 38.5 Å². The molecular formula is C11H16. The van der Waals surface area contributed by atoms with Crippen LogP contribution in [0, 0.1) is 17.8 Å². The van der Waals surface area contributed by atoms with Gasteiger partial charge < -0.3 is 0 Å². The van der Waals surface area contributed by atoms with Crippen molar-refractivity contribution in [1.82, 2.24) is 0 Å². The molecule has 60 valence electrons. The van der Waals surface area contributed by atoms with Crippen molar-refractivity contribution in [2.45, 2.75) is 38.5 Å². The normalized spacial score (nSPS) is 18.5. The van der Waals surface area contributed by atoms with Gasteiger partial charge >= 0.3 is 0 Å². The first-order chi connectivity index (χ1) is 5.43. The number of hydrogen-bond donors (Lipinski definition) is 0. The van der Waals surface area contributed by atoms with Crippen LogP contribution in [0.5, 0.6) is 0 Å². The van der Waals surface area contributed by atoms with Gasteiger partial charge in [-0.2, -0.15) is 0 Å². The minimum atomic E-state index is 0.885.